The molecule has 134 valence electrons. The molecule has 1 saturated heterocycles. The van der Waals surface area contributed by atoms with E-state index in [1.54, 1.807) is 17.2 Å². The van der Waals surface area contributed by atoms with Crippen LogP contribution in [0, 0.1) is 5.41 Å². The lowest BCUT2D eigenvalue weighted by molar-refractivity contribution is 0.0758. The Morgan fingerprint density at radius 2 is 2.12 bits per heavy atom. The first kappa shape index (κ1) is 16.3. The van der Waals surface area contributed by atoms with Crippen molar-refractivity contribution in [2.75, 3.05) is 13.1 Å². The van der Waals surface area contributed by atoms with E-state index >= 15 is 0 Å². The van der Waals surface area contributed by atoms with Crippen molar-refractivity contribution in [3.05, 3.63) is 30.1 Å². The molecule has 4 rings (SSSR count). The lowest BCUT2D eigenvalue weighted by Crippen LogP contribution is -2.34. The molecule has 7 nitrogen and oxygen atoms in total. The molecule has 2 aromatic heterocycles. The third-order valence-electron chi connectivity index (χ3n) is 6.05. The second-order valence-corrected chi connectivity index (χ2v) is 7.55. The van der Waals surface area contributed by atoms with Crippen LogP contribution in [0.2, 0.25) is 0 Å². The van der Waals surface area contributed by atoms with Gasteiger partial charge in [0.2, 0.25) is 0 Å². The third kappa shape index (κ3) is 2.75. The maximum Gasteiger partial charge on any atom is 0.257 e. The van der Waals surface area contributed by atoms with Crippen LogP contribution in [0.3, 0.4) is 0 Å². The summed E-state index contributed by atoms with van der Waals surface area (Å²) in [5, 5.41) is 12.7. The standard InChI is InChI=1S/C18H26N6O/c1-3-24-10-14(9-20-24)17(25)23-11-15(16-21-19-13-22(16)2)18(12-23)7-5-4-6-8-18/h9-10,13,15H,3-8,11-12H2,1-2H3. The van der Waals surface area contributed by atoms with Crippen LogP contribution >= 0.6 is 0 Å². The molecule has 0 radical (unpaired) electrons. The zero-order valence-electron chi connectivity index (χ0n) is 15.1. The van der Waals surface area contributed by atoms with Gasteiger partial charge in [-0.2, -0.15) is 5.10 Å². The quantitative estimate of drug-likeness (QED) is 0.858. The predicted octanol–water partition coefficient (Wildman–Crippen LogP) is 2.22. The van der Waals surface area contributed by atoms with Crippen molar-refractivity contribution in [1.82, 2.24) is 29.4 Å². The van der Waals surface area contributed by atoms with E-state index in [2.05, 4.69) is 15.3 Å². The van der Waals surface area contributed by atoms with Crippen molar-refractivity contribution in [2.24, 2.45) is 12.5 Å². The first-order chi connectivity index (χ1) is 12.1. The van der Waals surface area contributed by atoms with Gasteiger partial charge in [-0.1, -0.05) is 19.3 Å². The minimum Gasteiger partial charge on any atom is -0.337 e. The summed E-state index contributed by atoms with van der Waals surface area (Å²) < 4.78 is 3.82. The molecule has 1 amide bonds. The van der Waals surface area contributed by atoms with E-state index in [-0.39, 0.29) is 17.2 Å². The zero-order valence-corrected chi connectivity index (χ0v) is 15.1. The molecule has 0 bridgehead atoms. The Hall–Kier alpha value is -2.18. The first-order valence-corrected chi connectivity index (χ1v) is 9.28. The average molecular weight is 342 g/mol. The van der Waals surface area contributed by atoms with E-state index in [9.17, 15) is 4.79 Å². The number of nitrogens with zero attached hydrogens (tertiary/aromatic N) is 6. The lowest BCUT2D eigenvalue weighted by atomic mass is 9.67. The highest BCUT2D eigenvalue weighted by atomic mass is 16.2. The van der Waals surface area contributed by atoms with Crippen molar-refractivity contribution >= 4 is 5.91 Å². The van der Waals surface area contributed by atoms with Crippen LogP contribution in [0.25, 0.3) is 0 Å². The Morgan fingerprint density at radius 3 is 2.76 bits per heavy atom. The van der Waals surface area contributed by atoms with Crippen LogP contribution in [-0.4, -0.2) is 48.4 Å². The number of likely N-dealkylation sites (tertiary alicyclic amines) is 1. The van der Waals surface area contributed by atoms with Gasteiger partial charge in [0.1, 0.15) is 12.2 Å². The van der Waals surface area contributed by atoms with Crippen molar-refractivity contribution in [2.45, 2.75) is 51.5 Å². The number of aromatic nitrogens is 5. The summed E-state index contributed by atoms with van der Waals surface area (Å²) in [7, 11) is 2.00. The Balaban J connectivity index is 1.63. The van der Waals surface area contributed by atoms with E-state index < -0.39 is 0 Å². The summed E-state index contributed by atoms with van der Waals surface area (Å²) in [6, 6.07) is 0. The Bertz CT molecular complexity index is 757. The minimum absolute atomic E-state index is 0.0920. The van der Waals surface area contributed by atoms with Gasteiger partial charge in [-0.05, 0) is 25.2 Å². The van der Waals surface area contributed by atoms with Crippen LogP contribution < -0.4 is 0 Å². The summed E-state index contributed by atoms with van der Waals surface area (Å²) in [5.41, 5.74) is 0.835. The Labute approximate surface area is 148 Å². The number of hydrogen-bond donors (Lipinski definition) is 0. The molecule has 0 N–H and O–H groups in total. The van der Waals surface area contributed by atoms with Gasteiger partial charge in [-0.25, -0.2) is 0 Å². The molecule has 3 heterocycles. The van der Waals surface area contributed by atoms with Gasteiger partial charge in [0.15, 0.2) is 0 Å². The molecule has 2 fully saturated rings. The smallest absolute Gasteiger partial charge is 0.257 e. The lowest BCUT2D eigenvalue weighted by Gasteiger charge is -2.37. The van der Waals surface area contributed by atoms with Gasteiger partial charge >= 0.3 is 0 Å². The fraction of sp³-hybridized carbons (Fsp3) is 0.667. The Kier molecular flexibility index (Phi) is 4.09. The molecule has 1 aliphatic heterocycles. The molecule has 2 aliphatic rings. The van der Waals surface area contributed by atoms with Crippen LogP contribution in [0.1, 0.15) is 61.1 Å². The summed E-state index contributed by atoms with van der Waals surface area (Å²) in [6.45, 7) is 4.35. The van der Waals surface area contributed by atoms with Gasteiger partial charge in [0.05, 0.1) is 11.8 Å². The average Bonchev–Trinajstić information content (AvgIpc) is 3.34. The number of hydrogen-bond acceptors (Lipinski definition) is 4. The van der Waals surface area contributed by atoms with Crippen molar-refractivity contribution in [3.63, 3.8) is 0 Å². The van der Waals surface area contributed by atoms with Gasteiger partial charge in [-0.3, -0.25) is 9.48 Å². The monoisotopic (exact) mass is 342 g/mol. The predicted molar refractivity (Wildman–Crippen MR) is 93.1 cm³/mol. The van der Waals surface area contributed by atoms with Crippen molar-refractivity contribution in [1.29, 1.82) is 0 Å². The van der Waals surface area contributed by atoms with Crippen LogP contribution in [-0.2, 0) is 13.6 Å². The molecule has 1 unspecified atom stereocenters. The van der Waals surface area contributed by atoms with Crippen LogP contribution in [0.4, 0.5) is 0 Å². The number of rotatable bonds is 3. The molecule has 1 atom stereocenters. The second-order valence-electron chi connectivity index (χ2n) is 7.55. The van der Waals surface area contributed by atoms with E-state index in [1.165, 1.54) is 32.1 Å². The third-order valence-corrected chi connectivity index (χ3v) is 6.05. The topological polar surface area (TPSA) is 68.8 Å². The molecular weight excluding hydrogens is 316 g/mol. The second kappa shape index (κ2) is 6.28. The fourth-order valence-electron chi connectivity index (χ4n) is 4.68. The molecule has 1 spiro atoms. The highest BCUT2D eigenvalue weighted by Crippen LogP contribution is 2.51. The van der Waals surface area contributed by atoms with E-state index in [0.29, 0.717) is 5.56 Å². The van der Waals surface area contributed by atoms with Gasteiger partial charge in [-0.15, -0.1) is 10.2 Å². The van der Waals surface area contributed by atoms with E-state index in [0.717, 1.165) is 25.5 Å². The summed E-state index contributed by atoms with van der Waals surface area (Å²) in [5.74, 6) is 1.38. The molecule has 1 aliphatic carbocycles. The normalized spacial score (nSPS) is 22.6. The number of carbonyl (C=O) groups excluding carboxylic acids is 1. The number of carbonyl (C=O) groups is 1. The maximum atomic E-state index is 13.0. The SMILES string of the molecule is CCn1cc(C(=O)N2CC(c3nncn3C)C3(CCCCC3)C2)cn1. The summed E-state index contributed by atoms with van der Waals surface area (Å²) in [6.07, 6.45) is 11.4. The summed E-state index contributed by atoms with van der Waals surface area (Å²) in [4.78, 5) is 15.0. The molecule has 0 aromatic carbocycles. The highest BCUT2D eigenvalue weighted by molar-refractivity contribution is 5.94. The van der Waals surface area contributed by atoms with E-state index in [4.69, 9.17) is 0 Å². The number of amides is 1. The molecule has 7 heteroatoms. The van der Waals surface area contributed by atoms with Crippen LogP contribution in [0.5, 0.6) is 0 Å². The maximum absolute atomic E-state index is 13.0. The highest BCUT2D eigenvalue weighted by Gasteiger charge is 2.50. The van der Waals surface area contributed by atoms with E-state index in [1.807, 2.05) is 29.6 Å². The fourth-order valence-corrected chi connectivity index (χ4v) is 4.68. The molecule has 2 aromatic rings. The van der Waals surface area contributed by atoms with Gasteiger partial charge < -0.3 is 9.47 Å². The zero-order chi connectivity index (χ0) is 17.4. The Morgan fingerprint density at radius 1 is 1.32 bits per heavy atom. The van der Waals surface area contributed by atoms with Crippen molar-refractivity contribution < 1.29 is 4.79 Å². The number of aryl methyl sites for hydroxylation is 2. The molecule has 25 heavy (non-hydrogen) atoms. The van der Waals surface area contributed by atoms with Crippen LogP contribution in [0.15, 0.2) is 18.7 Å². The van der Waals surface area contributed by atoms with Crippen molar-refractivity contribution in [3.8, 4) is 0 Å². The first-order valence-electron chi connectivity index (χ1n) is 9.28. The minimum atomic E-state index is 0.0920. The molecular formula is C18H26N6O. The van der Waals surface area contributed by atoms with Gasteiger partial charge in [0.25, 0.3) is 5.91 Å². The summed E-state index contributed by atoms with van der Waals surface area (Å²) >= 11 is 0. The molecule has 1 saturated carbocycles. The van der Waals surface area contributed by atoms with Gasteiger partial charge in [0, 0.05) is 38.8 Å². The largest absolute Gasteiger partial charge is 0.337 e.